The molecule has 1 unspecified atom stereocenters. The number of hydrogen-bond donors (Lipinski definition) is 1. The van der Waals surface area contributed by atoms with Crippen LogP contribution in [0.3, 0.4) is 0 Å². The fourth-order valence-corrected chi connectivity index (χ4v) is 2.78. The first-order chi connectivity index (χ1) is 5.20. The van der Waals surface area contributed by atoms with Crippen molar-refractivity contribution in [3.63, 3.8) is 0 Å². The van der Waals surface area contributed by atoms with Crippen LogP contribution in [-0.4, -0.2) is 31.1 Å². The first-order valence-corrected chi connectivity index (χ1v) is 4.64. The first kappa shape index (κ1) is 7.56. The first-order valence-electron chi connectivity index (χ1n) is 4.64. The molecule has 0 aromatic rings. The Morgan fingerprint density at radius 1 is 1.45 bits per heavy atom. The lowest BCUT2D eigenvalue weighted by atomic mass is 9.85. The van der Waals surface area contributed by atoms with Crippen molar-refractivity contribution in [1.29, 1.82) is 0 Å². The van der Waals surface area contributed by atoms with Crippen LogP contribution in [0.15, 0.2) is 0 Å². The highest BCUT2D eigenvalue weighted by Gasteiger charge is 2.41. The SMILES string of the molecule is CN1CCC2(CC[C@@H](N)C2)C1. The highest BCUT2D eigenvalue weighted by Crippen LogP contribution is 2.44. The lowest BCUT2D eigenvalue weighted by molar-refractivity contribution is 0.286. The average molecular weight is 154 g/mol. The molecule has 2 nitrogen and oxygen atoms in total. The Kier molecular flexibility index (Phi) is 1.69. The van der Waals surface area contributed by atoms with Crippen molar-refractivity contribution in [3.05, 3.63) is 0 Å². The lowest BCUT2D eigenvalue weighted by Gasteiger charge is -2.22. The fraction of sp³-hybridized carbons (Fsp3) is 1.00. The molecule has 0 aromatic carbocycles. The standard InChI is InChI=1S/C9H18N2/c1-11-5-4-9(7-11)3-2-8(10)6-9/h8H,2-7,10H2,1H3/t8-,9?/m1/s1. The molecular weight excluding hydrogens is 136 g/mol. The quantitative estimate of drug-likeness (QED) is 0.559. The summed E-state index contributed by atoms with van der Waals surface area (Å²) in [6, 6.07) is 0.501. The van der Waals surface area contributed by atoms with Crippen LogP contribution in [0.2, 0.25) is 0 Å². The third-order valence-electron chi connectivity index (χ3n) is 3.37. The lowest BCUT2D eigenvalue weighted by Crippen LogP contribution is -2.24. The van der Waals surface area contributed by atoms with Crippen LogP contribution in [-0.2, 0) is 0 Å². The Bertz CT molecular complexity index is 138. The molecule has 0 radical (unpaired) electrons. The monoisotopic (exact) mass is 154 g/mol. The Morgan fingerprint density at radius 3 is 2.73 bits per heavy atom. The maximum Gasteiger partial charge on any atom is 0.00448 e. The third kappa shape index (κ3) is 1.30. The van der Waals surface area contributed by atoms with Crippen molar-refractivity contribution in [2.75, 3.05) is 20.1 Å². The molecule has 0 amide bonds. The van der Waals surface area contributed by atoms with E-state index in [1.165, 1.54) is 38.8 Å². The normalized spacial score (nSPS) is 45.8. The van der Waals surface area contributed by atoms with Crippen molar-refractivity contribution in [2.24, 2.45) is 11.1 Å². The molecular formula is C9H18N2. The van der Waals surface area contributed by atoms with E-state index in [0.717, 1.165) is 0 Å². The minimum Gasteiger partial charge on any atom is -0.328 e. The summed E-state index contributed by atoms with van der Waals surface area (Å²) in [5.41, 5.74) is 6.55. The van der Waals surface area contributed by atoms with Gasteiger partial charge in [-0.1, -0.05) is 0 Å². The number of hydrogen-bond acceptors (Lipinski definition) is 2. The molecule has 1 aliphatic carbocycles. The largest absolute Gasteiger partial charge is 0.328 e. The summed E-state index contributed by atoms with van der Waals surface area (Å²) in [6.07, 6.45) is 5.29. The summed E-state index contributed by atoms with van der Waals surface area (Å²) < 4.78 is 0. The second-order valence-electron chi connectivity index (χ2n) is 4.49. The molecule has 2 heteroatoms. The Labute approximate surface area is 68.7 Å². The van der Waals surface area contributed by atoms with Crippen LogP contribution in [0.1, 0.15) is 25.7 Å². The summed E-state index contributed by atoms with van der Waals surface area (Å²) in [5, 5.41) is 0. The molecule has 2 aliphatic rings. The number of likely N-dealkylation sites (tertiary alicyclic amines) is 1. The number of nitrogens with zero attached hydrogens (tertiary/aromatic N) is 1. The van der Waals surface area contributed by atoms with E-state index in [1.807, 2.05) is 0 Å². The van der Waals surface area contributed by atoms with Crippen LogP contribution in [0.4, 0.5) is 0 Å². The molecule has 1 saturated heterocycles. The minimum absolute atomic E-state index is 0.501. The van der Waals surface area contributed by atoms with Crippen LogP contribution in [0, 0.1) is 5.41 Å². The zero-order valence-electron chi connectivity index (χ0n) is 7.34. The minimum atomic E-state index is 0.501. The van der Waals surface area contributed by atoms with Gasteiger partial charge in [-0.3, -0.25) is 0 Å². The maximum atomic E-state index is 5.92. The Hall–Kier alpha value is -0.0800. The Balaban J connectivity index is 2.02. The van der Waals surface area contributed by atoms with Crippen molar-refractivity contribution < 1.29 is 0 Å². The van der Waals surface area contributed by atoms with Gasteiger partial charge >= 0.3 is 0 Å². The van der Waals surface area contributed by atoms with Gasteiger partial charge in [0.15, 0.2) is 0 Å². The van der Waals surface area contributed by atoms with E-state index in [9.17, 15) is 0 Å². The third-order valence-corrected chi connectivity index (χ3v) is 3.37. The van der Waals surface area contributed by atoms with E-state index in [-0.39, 0.29) is 0 Å². The molecule has 2 rings (SSSR count). The van der Waals surface area contributed by atoms with E-state index in [2.05, 4.69) is 11.9 Å². The molecule has 2 N–H and O–H groups in total. The van der Waals surface area contributed by atoms with E-state index in [4.69, 9.17) is 5.73 Å². The van der Waals surface area contributed by atoms with Gasteiger partial charge in [-0.15, -0.1) is 0 Å². The zero-order valence-corrected chi connectivity index (χ0v) is 7.34. The maximum absolute atomic E-state index is 5.92. The van der Waals surface area contributed by atoms with Crippen LogP contribution in [0.5, 0.6) is 0 Å². The zero-order chi connectivity index (χ0) is 7.90. The van der Waals surface area contributed by atoms with Crippen LogP contribution in [0.25, 0.3) is 0 Å². The molecule has 1 spiro atoms. The Morgan fingerprint density at radius 2 is 2.27 bits per heavy atom. The van der Waals surface area contributed by atoms with E-state index >= 15 is 0 Å². The predicted molar refractivity (Wildman–Crippen MR) is 46.4 cm³/mol. The van der Waals surface area contributed by atoms with E-state index in [1.54, 1.807) is 0 Å². The van der Waals surface area contributed by atoms with Crippen LogP contribution >= 0.6 is 0 Å². The van der Waals surface area contributed by atoms with Crippen LogP contribution < -0.4 is 5.73 Å². The van der Waals surface area contributed by atoms with Crippen molar-refractivity contribution in [2.45, 2.75) is 31.7 Å². The molecule has 11 heavy (non-hydrogen) atoms. The van der Waals surface area contributed by atoms with Gasteiger partial charge in [0, 0.05) is 12.6 Å². The van der Waals surface area contributed by atoms with Crippen molar-refractivity contribution in [1.82, 2.24) is 4.90 Å². The second-order valence-corrected chi connectivity index (χ2v) is 4.49. The van der Waals surface area contributed by atoms with Crippen molar-refractivity contribution in [3.8, 4) is 0 Å². The topological polar surface area (TPSA) is 29.3 Å². The van der Waals surface area contributed by atoms with Gasteiger partial charge in [-0.05, 0) is 44.7 Å². The molecule has 64 valence electrons. The number of rotatable bonds is 0. The summed E-state index contributed by atoms with van der Waals surface area (Å²) in [6.45, 7) is 2.58. The second kappa shape index (κ2) is 2.46. The predicted octanol–water partition coefficient (Wildman–Crippen LogP) is 0.820. The molecule has 1 aliphatic heterocycles. The highest BCUT2D eigenvalue weighted by molar-refractivity contribution is 4.96. The molecule has 1 heterocycles. The highest BCUT2D eigenvalue weighted by atomic mass is 15.1. The fourth-order valence-electron chi connectivity index (χ4n) is 2.78. The van der Waals surface area contributed by atoms with E-state index < -0.39 is 0 Å². The van der Waals surface area contributed by atoms with Gasteiger partial charge < -0.3 is 10.6 Å². The smallest absolute Gasteiger partial charge is 0.00448 e. The number of nitrogens with two attached hydrogens (primary N) is 1. The van der Waals surface area contributed by atoms with Crippen molar-refractivity contribution >= 4 is 0 Å². The average Bonchev–Trinajstić information content (AvgIpc) is 2.44. The van der Waals surface area contributed by atoms with Gasteiger partial charge in [-0.25, -0.2) is 0 Å². The summed E-state index contributed by atoms with van der Waals surface area (Å²) in [7, 11) is 2.22. The van der Waals surface area contributed by atoms with Gasteiger partial charge in [0.05, 0.1) is 0 Å². The summed E-state index contributed by atoms with van der Waals surface area (Å²) in [5.74, 6) is 0. The van der Waals surface area contributed by atoms with Gasteiger partial charge in [0.2, 0.25) is 0 Å². The molecule has 2 atom stereocenters. The molecule has 0 bridgehead atoms. The summed E-state index contributed by atoms with van der Waals surface area (Å²) in [4.78, 5) is 2.44. The van der Waals surface area contributed by atoms with Gasteiger partial charge in [-0.2, -0.15) is 0 Å². The molecule has 0 aromatic heterocycles. The summed E-state index contributed by atoms with van der Waals surface area (Å²) >= 11 is 0. The van der Waals surface area contributed by atoms with E-state index in [0.29, 0.717) is 11.5 Å². The van der Waals surface area contributed by atoms with Gasteiger partial charge in [0.1, 0.15) is 0 Å². The van der Waals surface area contributed by atoms with Gasteiger partial charge in [0.25, 0.3) is 0 Å². The molecule has 2 fully saturated rings. The molecule has 1 saturated carbocycles.